The minimum Gasteiger partial charge on any atom is -0.366 e. The average Bonchev–Trinajstić information content (AvgIpc) is 3.35. The molecular weight excluding hydrogens is 402 g/mol. The highest BCUT2D eigenvalue weighted by atomic mass is 16.2. The molecule has 1 N–H and O–H groups in total. The quantitative estimate of drug-likeness (QED) is 0.672. The molecule has 3 aromatic rings. The highest BCUT2D eigenvalue weighted by Crippen LogP contribution is 2.34. The van der Waals surface area contributed by atoms with Gasteiger partial charge in [0.1, 0.15) is 12.4 Å². The number of amides is 1. The molecule has 2 unspecified atom stereocenters. The summed E-state index contributed by atoms with van der Waals surface area (Å²) in [7, 11) is 2.18. The number of aromatic nitrogens is 2. The van der Waals surface area contributed by atoms with E-state index in [0.29, 0.717) is 28.8 Å². The summed E-state index contributed by atoms with van der Waals surface area (Å²) in [5, 5.41) is 3.44. The molecule has 7 nitrogen and oxygen atoms in total. The van der Waals surface area contributed by atoms with E-state index in [0.717, 1.165) is 24.3 Å². The number of benzene rings is 2. The van der Waals surface area contributed by atoms with Crippen molar-refractivity contribution in [2.75, 3.05) is 25.0 Å². The van der Waals surface area contributed by atoms with E-state index in [2.05, 4.69) is 28.2 Å². The molecule has 0 spiro atoms. The average molecular weight is 432 g/mol. The minimum absolute atomic E-state index is 0.00196. The van der Waals surface area contributed by atoms with Crippen LogP contribution in [0.25, 0.3) is 22.3 Å². The summed E-state index contributed by atoms with van der Waals surface area (Å²) in [5.74, 6) is 0.313. The first-order chi connectivity index (χ1) is 15.4. The van der Waals surface area contributed by atoms with Crippen LogP contribution in [-0.2, 0) is 11.3 Å². The van der Waals surface area contributed by atoms with E-state index >= 15 is 0 Å². The fourth-order valence-corrected chi connectivity index (χ4v) is 5.04. The van der Waals surface area contributed by atoms with Crippen molar-refractivity contribution in [3.63, 3.8) is 0 Å². The normalized spacial score (nSPS) is 20.4. The summed E-state index contributed by atoms with van der Waals surface area (Å²) in [6.45, 7) is 5.78. The second-order valence-corrected chi connectivity index (χ2v) is 9.25. The molecule has 1 amide bonds. The molecule has 1 aromatic heterocycles. The molecule has 2 bridgehead atoms. The Balaban J connectivity index is 1.60. The second kappa shape index (κ2) is 8.06. The number of carbonyl (C=O) groups is 1. The number of carbonyl (C=O) groups excluding carboxylic acids is 1. The van der Waals surface area contributed by atoms with Gasteiger partial charge in [-0.25, -0.2) is 4.98 Å². The molecule has 2 saturated heterocycles. The fraction of sp³-hybridized carbons (Fsp3) is 0.400. The lowest BCUT2D eigenvalue weighted by Crippen LogP contribution is -2.44. The van der Waals surface area contributed by atoms with Crippen LogP contribution in [0.3, 0.4) is 0 Å². The van der Waals surface area contributed by atoms with E-state index in [1.807, 2.05) is 56.3 Å². The van der Waals surface area contributed by atoms with Gasteiger partial charge in [-0.1, -0.05) is 30.3 Å². The Labute approximate surface area is 187 Å². The van der Waals surface area contributed by atoms with Gasteiger partial charge in [0.25, 0.3) is 5.56 Å². The molecule has 5 rings (SSSR count). The summed E-state index contributed by atoms with van der Waals surface area (Å²) < 4.78 is 1.50. The minimum atomic E-state index is -0.198. The van der Waals surface area contributed by atoms with Crippen LogP contribution in [0.2, 0.25) is 0 Å². The van der Waals surface area contributed by atoms with Crippen LogP contribution >= 0.6 is 0 Å². The maximum Gasteiger partial charge on any atom is 0.262 e. The molecule has 166 valence electrons. The summed E-state index contributed by atoms with van der Waals surface area (Å²) >= 11 is 0. The summed E-state index contributed by atoms with van der Waals surface area (Å²) in [6, 6.07) is 16.6. The van der Waals surface area contributed by atoms with E-state index in [4.69, 9.17) is 4.98 Å². The number of likely N-dealkylation sites (tertiary alicyclic amines) is 1. The lowest BCUT2D eigenvalue weighted by molar-refractivity contribution is -0.122. The third kappa shape index (κ3) is 3.66. The number of nitrogens with one attached hydrogen (secondary N) is 1. The van der Waals surface area contributed by atoms with Gasteiger partial charge in [0, 0.05) is 42.5 Å². The SMILES string of the molecule is CC(C)NC(=O)Cn1c(-c2ccccc2)nc2ccc(N3CC4CC3CN4C)cc2c1=O. The molecule has 2 atom stereocenters. The monoisotopic (exact) mass is 431 g/mol. The van der Waals surface area contributed by atoms with E-state index < -0.39 is 0 Å². The first-order valence-corrected chi connectivity index (χ1v) is 11.3. The number of nitrogens with zero attached hydrogens (tertiary/aromatic N) is 4. The number of likely N-dealkylation sites (N-methyl/N-ethyl adjacent to an activating group) is 1. The second-order valence-electron chi connectivity index (χ2n) is 9.25. The van der Waals surface area contributed by atoms with Gasteiger partial charge in [-0.2, -0.15) is 0 Å². The van der Waals surface area contributed by atoms with Crippen LogP contribution in [0, 0.1) is 0 Å². The number of hydrogen-bond acceptors (Lipinski definition) is 5. The topological polar surface area (TPSA) is 70.5 Å². The molecule has 2 aromatic carbocycles. The van der Waals surface area contributed by atoms with Crippen molar-refractivity contribution >= 4 is 22.5 Å². The fourth-order valence-electron chi connectivity index (χ4n) is 5.04. The molecular formula is C25H29N5O2. The Morgan fingerprint density at radius 2 is 1.91 bits per heavy atom. The van der Waals surface area contributed by atoms with Gasteiger partial charge in [0.15, 0.2) is 0 Å². The molecule has 32 heavy (non-hydrogen) atoms. The van der Waals surface area contributed by atoms with Gasteiger partial charge in [-0.3, -0.25) is 19.1 Å². The molecule has 0 radical (unpaired) electrons. The summed E-state index contributed by atoms with van der Waals surface area (Å²) in [6.07, 6.45) is 1.17. The molecule has 2 aliphatic heterocycles. The van der Waals surface area contributed by atoms with Crippen LogP contribution < -0.4 is 15.8 Å². The molecule has 2 aliphatic rings. The number of rotatable bonds is 5. The molecule has 7 heteroatoms. The smallest absolute Gasteiger partial charge is 0.262 e. The number of hydrogen-bond donors (Lipinski definition) is 1. The zero-order valence-electron chi connectivity index (χ0n) is 18.8. The maximum atomic E-state index is 13.6. The third-order valence-electron chi connectivity index (χ3n) is 6.57. The largest absolute Gasteiger partial charge is 0.366 e. The van der Waals surface area contributed by atoms with E-state index in [-0.39, 0.29) is 24.1 Å². The third-order valence-corrected chi connectivity index (χ3v) is 6.57. The molecule has 0 saturated carbocycles. The predicted molar refractivity (Wildman–Crippen MR) is 127 cm³/mol. The Kier molecular flexibility index (Phi) is 5.21. The lowest BCUT2D eigenvalue weighted by Gasteiger charge is -2.33. The van der Waals surface area contributed by atoms with Gasteiger partial charge in [-0.05, 0) is 45.5 Å². The van der Waals surface area contributed by atoms with Crippen molar-refractivity contribution in [2.45, 2.75) is 44.9 Å². The summed E-state index contributed by atoms with van der Waals surface area (Å²) in [5.41, 5.74) is 2.34. The van der Waals surface area contributed by atoms with Crippen molar-refractivity contribution in [1.29, 1.82) is 0 Å². The lowest BCUT2D eigenvalue weighted by atomic mass is 10.1. The van der Waals surface area contributed by atoms with Crippen molar-refractivity contribution in [3.8, 4) is 11.4 Å². The molecule has 2 fully saturated rings. The van der Waals surface area contributed by atoms with Crippen LogP contribution in [0.1, 0.15) is 20.3 Å². The van der Waals surface area contributed by atoms with Gasteiger partial charge in [0.2, 0.25) is 5.91 Å². The van der Waals surface area contributed by atoms with Crippen molar-refractivity contribution in [2.24, 2.45) is 0 Å². The zero-order chi connectivity index (χ0) is 22.4. The Bertz CT molecular complexity index is 1220. The van der Waals surface area contributed by atoms with Crippen molar-refractivity contribution in [3.05, 3.63) is 58.9 Å². The van der Waals surface area contributed by atoms with Crippen LogP contribution in [0.5, 0.6) is 0 Å². The highest BCUT2D eigenvalue weighted by Gasteiger charge is 2.41. The maximum absolute atomic E-state index is 13.6. The van der Waals surface area contributed by atoms with Gasteiger partial charge < -0.3 is 10.2 Å². The standard InChI is InChI=1S/C25H29N5O2/c1-16(2)26-23(31)15-30-24(17-7-5-4-6-8-17)27-22-10-9-18(12-21(22)25(30)32)29-14-19-11-20(29)13-28(19)3/h4-10,12,16,19-20H,11,13-15H2,1-3H3,(H,26,31). The van der Waals surface area contributed by atoms with Crippen molar-refractivity contribution in [1.82, 2.24) is 19.8 Å². The van der Waals surface area contributed by atoms with Crippen molar-refractivity contribution < 1.29 is 4.79 Å². The number of anilines is 1. The van der Waals surface area contributed by atoms with E-state index in [1.165, 1.54) is 11.0 Å². The first-order valence-electron chi connectivity index (χ1n) is 11.3. The van der Waals surface area contributed by atoms with E-state index in [9.17, 15) is 9.59 Å². The Hall–Kier alpha value is -3.19. The predicted octanol–water partition coefficient (Wildman–Crippen LogP) is 2.48. The van der Waals surface area contributed by atoms with Crippen LogP contribution in [0.15, 0.2) is 53.3 Å². The molecule has 0 aliphatic carbocycles. The number of fused-ring (bicyclic) bond motifs is 3. The van der Waals surface area contributed by atoms with E-state index in [1.54, 1.807) is 0 Å². The van der Waals surface area contributed by atoms with Gasteiger partial charge in [0.05, 0.1) is 10.9 Å². The Morgan fingerprint density at radius 1 is 1.12 bits per heavy atom. The van der Waals surface area contributed by atoms with Gasteiger partial charge in [-0.15, -0.1) is 0 Å². The number of piperazine rings is 1. The van der Waals surface area contributed by atoms with Crippen LogP contribution in [0.4, 0.5) is 5.69 Å². The van der Waals surface area contributed by atoms with Gasteiger partial charge >= 0.3 is 0 Å². The first kappa shape index (κ1) is 20.7. The van der Waals surface area contributed by atoms with Crippen LogP contribution in [-0.4, -0.2) is 58.6 Å². The zero-order valence-corrected chi connectivity index (χ0v) is 18.8. The Morgan fingerprint density at radius 3 is 2.56 bits per heavy atom. The highest BCUT2D eigenvalue weighted by molar-refractivity contribution is 5.85. The summed E-state index contributed by atoms with van der Waals surface area (Å²) in [4.78, 5) is 35.9. The molecule has 3 heterocycles.